The normalized spacial score (nSPS) is 17.6. The van der Waals surface area contributed by atoms with Gasteiger partial charge in [0.25, 0.3) is 0 Å². The molecular weight excluding hydrogens is 376 g/mol. The molecule has 0 bridgehead atoms. The molecule has 2 rings (SSSR count). The number of piperidine rings is 1. The average molecular weight is 411 g/mol. The molecule has 6 nitrogen and oxygen atoms in total. The van der Waals surface area contributed by atoms with Crippen LogP contribution in [0.1, 0.15) is 39.2 Å². The highest BCUT2D eigenvalue weighted by Gasteiger charge is 2.46. The first kappa shape index (κ1) is 22.8. The number of amides is 1. The Morgan fingerprint density at radius 3 is 2.32 bits per heavy atom. The van der Waals surface area contributed by atoms with Crippen molar-refractivity contribution in [3.8, 4) is 0 Å². The van der Waals surface area contributed by atoms with Crippen molar-refractivity contribution in [1.82, 2.24) is 9.21 Å². The molecule has 7 heteroatoms. The standard InChI is InChI=1S/C21H34N2O4S/c1-5-28(25,26)23-13-11-21(12-14-23,19-9-7-6-8-10-19)20(24)22(15-16-27-4)17-18(2)3/h6-10,18H,5,11-17H2,1-4H3. The van der Waals surface area contributed by atoms with Crippen molar-refractivity contribution >= 4 is 15.9 Å². The van der Waals surface area contributed by atoms with Crippen LogP contribution in [-0.4, -0.2) is 69.2 Å². The van der Waals surface area contributed by atoms with Crippen LogP contribution in [0.4, 0.5) is 0 Å². The number of sulfonamides is 1. The first-order valence-electron chi connectivity index (χ1n) is 10.1. The zero-order valence-electron chi connectivity index (χ0n) is 17.6. The number of rotatable bonds is 9. The molecule has 1 aliphatic heterocycles. The molecule has 0 saturated carbocycles. The Bertz CT molecular complexity index is 726. The van der Waals surface area contributed by atoms with Crippen molar-refractivity contribution in [3.63, 3.8) is 0 Å². The van der Waals surface area contributed by atoms with E-state index >= 15 is 0 Å². The van der Waals surface area contributed by atoms with Gasteiger partial charge >= 0.3 is 0 Å². The molecule has 158 valence electrons. The second kappa shape index (κ2) is 9.85. The molecule has 1 saturated heterocycles. The molecule has 0 unspecified atom stereocenters. The number of carbonyl (C=O) groups is 1. The van der Waals surface area contributed by atoms with Crippen LogP contribution in [0.15, 0.2) is 30.3 Å². The maximum Gasteiger partial charge on any atom is 0.233 e. The predicted octanol–water partition coefficient (Wildman–Crippen LogP) is 2.50. The monoisotopic (exact) mass is 410 g/mol. The lowest BCUT2D eigenvalue weighted by molar-refractivity contribution is -0.140. The van der Waals surface area contributed by atoms with Gasteiger partial charge in [0.05, 0.1) is 17.8 Å². The van der Waals surface area contributed by atoms with E-state index in [4.69, 9.17) is 4.74 Å². The van der Waals surface area contributed by atoms with Crippen LogP contribution < -0.4 is 0 Å². The summed E-state index contributed by atoms with van der Waals surface area (Å²) in [5.41, 5.74) is 0.281. The van der Waals surface area contributed by atoms with Crippen LogP contribution >= 0.6 is 0 Å². The first-order chi connectivity index (χ1) is 13.3. The van der Waals surface area contributed by atoms with Crippen molar-refractivity contribution in [3.05, 3.63) is 35.9 Å². The third kappa shape index (κ3) is 5.13. The van der Waals surface area contributed by atoms with E-state index in [0.717, 1.165) is 5.56 Å². The molecule has 1 fully saturated rings. The highest BCUT2D eigenvalue weighted by atomic mass is 32.2. The lowest BCUT2D eigenvalue weighted by Gasteiger charge is -2.43. The molecular formula is C21H34N2O4S. The van der Waals surface area contributed by atoms with E-state index in [1.165, 1.54) is 4.31 Å². The number of hydrogen-bond donors (Lipinski definition) is 0. The Balaban J connectivity index is 2.36. The zero-order valence-corrected chi connectivity index (χ0v) is 18.4. The predicted molar refractivity (Wildman–Crippen MR) is 112 cm³/mol. The fraction of sp³-hybridized carbons (Fsp3) is 0.667. The van der Waals surface area contributed by atoms with Crippen LogP contribution in [0.25, 0.3) is 0 Å². The summed E-state index contributed by atoms with van der Waals surface area (Å²) in [5, 5.41) is 0. The summed E-state index contributed by atoms with van der Waals surface area (Å²) in [6.45, 7) is 8.28. The summed E-state index contributed by atoms with van der Waals surface area (Å²) < 4.78 is 31.4. The van der Waals surface area contributed by atoms with Crippen molar-refractivity contribution < 1.29 is 17.9 Å². The Hall–Kier alpha value is -1.44. The zero-order chi connectivity index (χ0) is 20.8. The van der Waals surface area contributed by atoms with E-state index in [2.05, 4.69) is 13.8 Å². The molecule has 1 aromatic rings. The summed E-state index contributed by atoms with van der Waals surface area (Å²) in [7, 11) is -1.61. The van der Waals surface area contributed by atoms with Gasteiger partial charge in [0.1, 0.15) is 0 Å². The number of ether oxygens (including phenoxy) is 1. The van der Waals surface area contributed by atoms with Gasteiger partial charge in [-0.2, -0.15) is 0 Å². The summed E-state index contributed by atoms with van der Waals surface area (Å²) in [6.07, 6.45) is 0.993. The third-order valence-electron chi connectivity index (χ3n) is 5.51. The number of methoxy groups -OCH3 is 1. The minimum Gasteiger partial charge on any atom is -0.383 e. The number of carbonyl (C=O) groups excluding carboxylic acids is 1. The Labute approximate surface area is 169 Å². The molecule has 0 N–H and O–H groups in total. The molecule has 0 spiro atoms. The van der Waals surface area contributed by atoms with Crippen LogP contribution in [0.2, 0.25) is 0 Å². The maximum atomic E-state index is 13.8. The highest BCUT2D eigenvalue weighted by Crippen LogP contribution is 2.38. The van der Waals surface area contributed by atoms with E-state index < -0.39 is 15.4 Å². The van der Waals surface area contributed by atoms with Gasteiger partial charge < -0.3 is 9.64 Å². The van der Waals surface area contributed by atoms with E-state index in [1.54, 1.807) is 14.0 Å². The second-order valence-electron chi connectivity index (χ2n) is 7.89. The summed E-state index contributed by atoms with van der Waals surface area (Å²) in [5.74, 6) is 0.513. The largest absolute Gasteiger partial charge is 0.383 e. The van der Waals surface area contributed by atoms with Crippen LogP contribution in [-0.2, 0) is 25.0 Å². The molecule has 1 amide bonds. The Kier molecular flexibility index (Phi) is 8.04. The van der Waals surface area contributed by atoms with Gasteiger partial charge in [0.2, 0.25) is 15.9 Å². The molecule has 0 radical (unpaired) electrons. The first-order valence-corrected chi connectivity index (χ1v) is 11.7. The fourth-order valence-electron chi connectivity index (χ4n) is 3.93. The number of hydrogen-bond acceptors (Lipinski definition) is 4. The highest BCUT2D eigenvalue weighted by molar-refractivity contribution is 7.89. The van der Waals surface area contributed by atoms with Crippen molar-refractivity contribution in [2.45, 2.75) is 39.0 Å². The van der Waals surface area contributed by atoms with Crippen molar-refractivity contribution in [2.75, 3.05) is 45.6 Å². The molecule has 0 atom stereocenters. The van der Waals surface area contributed by atoms with E-state index in [1.807, 2.05) is 35.2 Å². The second-order valence-corrected chi connectivity index (χ2v) is 10.1. The van der Waals surface area contributed by atoms with Gasteiger partial charge in [-0.15, -0.1) is 0 Å². The van der Waals surface area contributed by atoms with Crippen LogP contribution in [0.5, 0.6) is 0 Å². The van der Waals surface area contributed by atoms with Gasteiger partial charge in [-0.1, -0.05) is 44.2 Å². The lowest BCUT2D eigenvalue weighted by atomic mass is 9.72. The number of nitrogens with zero attached hydrogens (tertiary/aromatic N) is 2. The summed E-state index contributed by atoms with van der Waals surface area (Å²) in [6, 6.07) is 9.82. The SMILES string of the molecule is CCS(=O)(=O)N1CCC(C(=O)N(CCOC)CC(C)C)(c2ccccc2)CC1. The smallest absolute Gasteiger partial charge is 0.233 e. The Morgan fingerprint density at radius 2 is 1.82 bits per heavy atom. The number of benzene rings is 1. The van der Waals surface area contributed by atoms with Gasteiger partial charge in [-0.3, -0.25) is 4.79 Å². The topological polar surface area (TPSA) is 66.9 Å². The fourth-order valence-corrected chi connectivity index (χ4v) is 5.04. The van der Waals surface area contributed by atoms with Gasteiger partial charge in [-0.25, -0.2) is 12.7 Å². The van der Waals surface area contributed by atoms with Crippen LogP contribution in [0.3, 0.4) is 0 Å². The third-order valence-corrected chi connectivity index (χ3v) is 7.39. The van der Waals surface area contributed by atoms with E-state index in [0.29, 0.717) is 51.5 Å². The molecule has 1 heterocycles. The maximum absolute atomic E-state index is 13.8. The van der Waals surface area contributed by atoms with Crippen molar-refractivity contribution in [1.29, 1.82) is 0 Å². The minimum atomic E-state index is -3.24. The van der Waals surface area contributed by atoms with Crippen molar-refractivity contribution in [2.24, 2.45) is 5.92 Å². The molecule has 1 aliphatic rings. The summed E-state index contributed by atoms with van der Waals surface area (Å²) in [4.78, 5) is 15.7. The van der Waals surface area contributed by atoms with Gasteiger partial charge in [0.15, 0.2) is 0 Å². The molecule has 28 heavy (non-hydrogen) atoms. The molecule has 0 aliphatic carbocycles. The quantitative estimate of drug-likeness (QED) is 0.627. The molecule has 0 aromatic heterocycles. The molecule has 1 aromatic carbocycles. The van der Waals surface area contributed by atoms with Gasteiger partial charge in [-0.05, 0) is 31.2 Å². The van der Waals surface area contributed by atoms with Gasteiger partial charge in [0, 0.05) is 33.3 Å². The van der Waals surface area contributed by atoms with E-state index in [9.17, 15) is 13.2 Å². The summed E-state index contributed by atoms with van der Waals surface area (Å²) >= 11 is 0. The van der Waals surface area contributed by atoms with Crippen LogP contribution in [0, 0.1) is 5.92 Å². The minimum absolute atomic E-state index is 0.0815. The lowest BCUT2D eigenvalue weighted by Crippen LogP contribution is -2.55. The average Bonchev–Trinajstić information content (AvgIpc) is 2.71. The van der Waals surface area contributed by atoms with E-state index in [-0.39, 0.29) is 11.7 Å². The Morgan fingerprint density at radius 1 is 1.21 bits per heavy atom.